The number of thiophene rings is 1. The number of aryl methyl sites for hydroxylation is 1. The van der Waals surface area contributed by atoms with E-state index in [1.165, 1.54) is 0 Å². The molecule has 0 radical (unpaired) electrons. The number of amides is 1. The van der Waals surface area contributed by atoms with Crippen LogP contribution in [0, 0.1) is 6.92 Å². The number of rotatable bonds is 3. The molecule has 0 atom stereocenters. The molecule has 2 heterocycles. The summed E-state index contributed by atoms with van der Waals surface area (Å²) in [6.07, 6.45) is 1.81. The van der Waals surface area contributed by atoms with Crippen molar-refractivity contribution < 1.29 is 9.90 Å². The van der Waals surface area contributed by atoms with Crippen LogP contribution < -0.4 is 4.90 Å². The summed E-state index contributed by atoms with van der Waals surface area (Å²) in [5, 5.41) is 11.5. The average molecular weight is 360 g/mol. The van der Waals surface area contributed by atoms with Gasteiger partial charge in [-0.2, -0.15) is 0 Å². The third-order valence-corrected chi connectivity index (χ3v) is 4.92. The predicted molar refractivity (Wildman–Crippen MR) is 106 cm³/mol. The van der Waals surface area contributed by atoms with Crippen LogP contribution in [0.25, 0.3) is 6.08 Å². The van der Waals surface area contributed by atoms with Crippen LogP contribution >= 0.6 is 11.3 Å². The van der Waals surface area contributed by atoms with Gasteiger partial charge >= 0.3 is 0 Å². The van der Waals surface area contributed by atoms with Gasteiger partial charge in [-0.05, 0) is 48.7 Å². The number of phenolic OH excluding ortho intramolecular Hbond substituents is 1. The molecule has 128 valence electrons. The fourth-order valence-corrected chi connectivity index (χ4v) is 3.41. The van der Waals surface area contributed by atoms with Gasteiger partial charge in [0.25, 0.3) is 5.91 Å². The third-order valence-electron chi connectivity index (χ3n) is 4.10. The minimum atomic E-state index is -0.181. The van der Waals surface area contributed by atoms with Crippen LogP contribution in [0.2, 0.25) is 0 Å². The van der Waals surface area contributed by atoms with Crippen molar-refractivity contribution in [2.24, 2.45) is 4.99 Å². The minimum Gasteiger partial charge on any atom is -0.508 e. The Morgan fingerprint density at radius 1 is 1.04 bits per heavy atom. The number of hydrogen-bond donors (Lipinski definition) is 1. The first-order valence-corrected chi connectivity index (χ1v) is 9.04. The van der Waals surface area contributed by atoms with E-state index in [1.807, 2.05) is 54.8 Å². The zero-order valence-corrected chi connectivity index (χ0v) is 14.9. The summed E-state index contributed by atoms with van der Waals surface area (Å²) in [4.78, 5) is 20.2. The number of carbonyl (C=O) groups excluding carboxylic acids is 1. The zero-order chi connectivity index (χ0) is 18.1. The molecule has 0 aliphatic carbocycles. The maximum absolute atomic E-state index is 13.1. The predicted octanol–water partition coefficient (Wildman–Crippen LogP) is 4.60. The smallest absolute Gasteiger partial charge is 0.282 e. The van der Waals surface area contributed by atoms with Gasteiger partial charge in [0.2, 0.25) is 0 Å². The fraction of sp³-hybridized carbons (Fsp3) is 0.0476. The molecule has 3 aromatic rings. The Hall–Kier alpha value is -3.18. The summed E-state index contributed by atoms with van der Waals surface area (Å²) >= 11 is 1.56. The number of aromatic hydroxyl groups is 1. The molecule has 4 rings (SSSR count). The van der Waals surface area contributed by atoms with Crippen LogP contribution in [0.15, 0.2) is 76.7 Å². The second-order valence-corrected chi connectivity index (χ2v) is 6.98. The normalized spacial score (nSPS) is 15.6. The van der Waals surface area contributed by atoms with Crippen LogP contribution in [0.4, 0.5) is 5.69 Å². The first kappa shape index (κ1) is 16.3. The first-order valence-electron chi connectivity index (χ1n) is 8.16. The molecule has 0 saturated heterocycles. The van der Waals surface area contributed by atoms with Gasteiger partial charge in [0.05, 0.1) is 5.69 Å². The molecule has 2 aromatic carbocycles. The molecular formula is C21H16N2O2S. The van der Waals surface area contributed by atoms with Crippen molar-refractivity contribution in [2.45, 2.75) is 6.92 Å². The lowest BCUT2D eigenvalue weighted by Gasteiger charge is -2.18. The van der Waals surface area contributed by atoms with Crippen LogP contribution in [0.3, 0.4) is 0 Å². The highest BCUT2D eigenvalue weighted by molar-refractivity contribution is 7.10. The number of phenols is 1. The third kappa shape index (κ3) is 3.05. The SMILES string of the molecule is Cc1ccc(C2=N/C(=C/c3cccs3)C(=O)N2c2ccc(O)cc2)cc1. The van der Waals surface area contributed by atoms with Gasteiger partial charge in [-0.25, -0.2) is 4.99 Å². The molecule has 4 nitrogen and oxygen atoms in total. The Morgan fingerprint density at radius 2 is 1.77 bits per heavy atom. The first-order chi connectivity index (χ1) is 12.6. The molecule has 1 aliphatic rings. The Kier molecular flexibility index (Phi) is 4.14. The Labute approximate surface area is 155 Å². The number of carbonyl (C=O) groups is 1. The molecule has 0 unspecified atom stereocenters. The van der Waals surface area contributed by atoms with E-state index in [2.05, 4.69) is 4.99 Å². The van der Waals surface area contributed by atoms with Gasteiger partial charge < -0.3 is 5.11 Å². The van der Waals surface area contributed by atoms with Crippen molar-refractivity contribution >= 4 is 34.8 Å². The van der Waals surface area contributed by atoms with Crippen LogP contribution in [-0.4, -0.2) is 16.8 Å². The second kappa shape index (κ2) is 6.61. The lowest BCUT2D eigenvalue weighted by atomic mass is 10.1. The quantitative estimate of drug-likeness (QED) is 0.694. The van der Waals surface area contributed by atoms with E-state index in [0.29, 0.717) is 17.2 Å². The standard InChI is InChI=1S/C21H16N2O2S/c1-14-4-6-15(7-5-14)20-22-19(13-18-3-2-12-26-18)21(25)23(20)16-8-10-17(24)11-9-16/h2-13,24H,1H3/b19-13+. The van der Waals surface area contributed by atoms with E-state index in [9.17, 15) is 9.90 Å². The van der Waals surface area contributed by atoms with Crippen LogP contribution in [-0.2, 0) is 4.79 Å². The number of benzene rings is 2. The summed E-state index contributed by atoms with van der Waals surface area (Å²) in [6, 6.07) is 18.4. The molecule has 0 fully saturated rings. The molecule has 26 heavy (non-hydrogen) atoms. The Morgan fingerprint density at radius 3 is 2.42 bits per heavy atom. The maximum Gasteiger partial charge on any atom is 0.282 e. The van der Waals surface area contributed by atoms with Gasteiger partial charge in [0, 0.05) is 10.4 Å². The van der Waals surface area contributed by atoms with Crippen molar-refractivity contribution in [1.82, 2.24) is 0 Å². The van der Waals surface area contributed by atoms with Crippen molar-refractivity contribution in [3.63, 3.8) is 0 Å². The number of nitrogens with zero attached hydrogens (tertiary/aromatic N) is 2. The molecule has 0 bridgehead atoms. The lowest BCUT2D eigenvalue weighted by molar-refractivity contribution is -0.113. The molecule has 1 N–H and O–H groups in total. The van der Waals surface area contributed by atoms with E-state index in [-0.39, 0.29) is 11.7 Å². The Balaban J connectivity index is 1.82. The molecule has 1 aliphatic heterocycles. The molecule has 0 saturated carbocycles. The summed E-state index contributed by atoms with van der Waals surface area (Å²) in [6.45, 7) is 2.02. The van der Waals surface area contributed by atoms with E-state index in [0.717, 1.165) is 16.0 Å². The minimum absolute atomic E-state index is 0.156. The van der Waals surface area contributed by atoms with Gasteiger partial charge in [0.1, 0.15) is 17.3 Å². The van der Waals surface area contributed by atoms with E-state index in [1.54, 1.807) is 40.5 Å². The van der Waals surface area contributed by atoms with Gasteiger partial charge in [-0.15, -0.1) is 11.3 Å². The highest BCUT2D eigenvalue weighted by atomic mass is 32.1. The fourth-order valence-electron chi connectivity index (χ4n) is 2.76. The van der Waals surface area contributed by atoms with Gasteiger partial charge in [-0.1, -0.05) is 35.9 Å². The van der Waals surface area contributed by atoms with E-state index < -0.39 is 0 Å². The zero-order valence-electron chi connectivity index (χ0n) is 14.1. The number of amidine groups is 1. The Bertz CT molecular complexity index is 1000. The van der Waals surface area contributed by atoms with Crippen molar-refractivity contribution in [2.75, 3.05) is 4.90 Å². The largest absolute Gasteiger partial charge is 0.508 e. The molecular weight excluding hydrogens is 344 g/mol. The molecule has 1 amide bonds. The van der Waals surface area contributed by atoms with Crippen LogP contribution in [0.1, 0.15) is 16.0 Å². The maximum atomic E-state index is 13.1. The highest BCUT2D eigenvalue weighted by Crippen LogP contribution is 2.29. The van der Waals surface area contributed by atoms with Crippen molar-refractivity contribution in [3.05, 3.63) is 87.7 Å². The molecule has 1 aromatic heterocycles. The second-order valence-electron chi connectivity index (χ2n) is 6.00. The topological polar surface area (TPSA) is 52.9 Å². The van der Waals surface area contributed by atoms with Crippen LogP contribution in [0.5, 0.6) is 5.75 Å². The number of aliphatic imine (C=N–C) groups is 1. The summed E-state index contributed by atoms with van der Waals surface area (Å²) in [5.41, 5.74) is 3.08. The van der Waals surface area contributed by atoms with Crippen molar-refractivity contribution in [1.29, 1.82) is 0 Å². The molecule has 0 spiro atoms. The van der Waals surface area contributed by atoms with E-state index in [4.69, 9.17) is 0 Å². The van der Waals surface area contributed by atoms with E-state index >= 15 is 0 Å². The average Bonchev–Trinajstić information content (AvgIpc) is 3.26. The van der Waals surface area contributed by atoms with Gasteiger partial charge in [0.15, 0.2) is 0 Å². The summed E-state index contributed by atoms with van der Waals surface area (Å²) in [7, 11) is 0. The summed E-state index contributed by atoms with van der Waals surface area (Å²) < 4.78 is 0. The van der Waals surface area contributed by atoms with Gasteiger partial charge in [-0.3, -0.25) is 9.69 Å². The highest BCUT2D eigenvalue weighted by Gasteiger charge is 2.32. The molecule has 5 heteroatoms. The summed E-state index contributed by atoms with van der Waals surface area (Å²) in [5.74, 6) is 0.562. The number of anilines is 1. The number of hydrogen-bond acceptors (Lipinski definition) is 4. The van der Waals surface area contributed by atoms with Crippen molar-refractivity contribution in [3.8, 4) is 5.75 Å². The monoisotopic (exact) mass is 360 g/mol. The lowest BCUT2D eigenvalue weighted by Crippen LogP contribution is -2.32.